The van der Waals surface area contributed by atoms with Crippen LogP contribution in [0.15, 0.2) is 42.5 Å². The van der Waals surface area contributed by atoms with Gasteiger partial charge in [-0.25, -0.2) is 4.39 Å². The highest BCUT2D eigenvalue weighted by Gasteiger charge is 2.29. The molecular formula is C25H32FN3O. The number of likely N-dealkylation sites (tertiary alicyclic amines) is 1. The molecule has 0 amide bonds. The minimum absolute atomic E-state index is 0.151. The second-order valence-electron chi connectivity index (χ2n) is 8.95. The van der Waals surface area contributed by atoms with Crippen molar-refractivity contribution in [3.05, 3.63) is 65.0 Å². The van der Waals surface area contributed by atoms with E-state index in [9.17, 15) is 4.39 Å². The first-order valence-corrected chi connectivity index (χ1v) is 11.4. The largest absolute Gasteiger partial charge is 0.368 e. The first-order valence-electron chi connectivity index (χ1n) is 11.4. The maximum Gasteiger partial charge on any atom is 0.123 e. The molecule has 5 rings (SSSR count). The third-order valence-corrected chi connectivity index (χ3v) is 6.94. The van der Waals surface area contributed by atoms with Crippen molar-refractivity contribution in [2.45, 2.75) is 38.3 Å². The summed E-state index contributed by atoms with van der Waals surface area (Å²) in [7, 11) is 0. The van der Waals surface area contributed by atoms with Crippen LogP contribution in [0.25, 0.3) is 0 Å². The number of piperidine rings is 1. The molecule has 2 aromatic carbocycles. The van der Waals surface area contributed by atoms with E-state index in [4.69, 9.17) is 4.74 Å². The van der Waals surface area contributed by atoms with Gasteiger partial charge in [0, 0.05) is 51.0 Å². The summed E-state index contributed by atoms with van der Waals surface area (Å²) in [5.74, 6) is -0.151. The fraction of sp³-hybridized carbons (Fsp3) is 0.520. The van der Waals surface area contributed by atoms with E-state index < -0.39 is 0 Å². The molecule has 160 valence electrons. The molecular weight excluding hydrogens is 377 g/mol. The molecule has 0 atom stereocenters. The topological polar surface area (TPSA) is 19.0 Å². The van der Waals surface area contributed by atoms with Crippen molar-refractivity contribution in [3.8, 4) is 0 Å². The summed E-state index contributed by atoms with van der Waals surface area (Å²) in [5.41, 5.74) is 5.61. The molecule has 0 saturated carbocycles. The first kappa shape index (κ1) is 20.0. The van der Waals surface area contributed by atoms with Gasteiger partial charge in [-0.2, -0.15) is 0 Å². The smallest absolute Gasteiger partial charge is 0.123 e. The molecule has 0 unspecified atom stereocenters. The highest BCUT2D eigenvalue weighted by Crippen LogP contribution is 2.34. The fourth-order valence-corrected chi connectivity index (χ4v) is 5.15. The van der Waals surface area contributed by atoms with Crippen molar-refractivity contribution in [1.82, 2.24) is 9.80 Å². The van der Waals surface area contributed by atoms with Gasteiger partial charge in [0.05, 0.1) is 13.3 Å². The number of halogens is 1. The number of hydrogen-bond acceptors (Lipinski definition) is 4. The predicted molar refractivity (Wildman–Crippen MR) is 118 cm³/mol. The van der Waals surface area contributed by atoms with Crippen molar-refractivity contribution in [3.63, 3.8) is 0 Å². The zero-order chi connectivity index (χ0) is 20.3. The Balaban J connectivity index is 1.15. The average molecular weight is 410 g/mol. The molecule has 4 nitrogen and oxygen atoms in total. The van der Waals surface area contributed by atoms with E-state index in [0.29, 0.717) is 6.04 Å². The van der Waals surface area contributed by atoms with Gasteiger partial charge in [-0.3, -0.25) is 4.90 Å². The van der Waals surface area contributed by atoms with E-state index in [2.05, 4.69) is 32.9 Å². The second-order valence-corrected chi connectivity index (χ2v) is 8.95. The molecule has 0 N–H and O–H groups in total. The third kappa shape index (κ3) is 4.53. The molecule has 3 heterocycles. The summed E-state index contributed by atoms with van der Waals surface area (Å²) in [6, 6.07) is 14.7. The predicted octanol–water partition coefficient (Wildman–Crippen LogP) is 3.69. The SMILES string of the molecule is Fc1ccc(CCN2CCC(N3CCc4ccc(CN5CCOC5)cc43)CC2)cc1. The van der Waals surface area contributed by atoms with Gasteiger partial charge in [0.15, 0.2) is 0 Å². The molecule has 0 bridgehead atoms. The number of rotatable bonds is 6. The van der Waals surface area contributed by atoms with Gasteiger partial charge in [0.1, 0.15) is 5.82 Å². The molecule has 3 aliphatic rings. The minimum Gasteiger partial charge on any atom is -0.368 e. The van der Waals surface area contributed by atoms with Gasteiger partial charge in [0.25, 0.3) is 0 Å². The van der Waals surface area contributed by atoms with E-state index >= 15 is 0 Å². The normalized spacial score (nSPS) is 20.8. The summed E-state index contributed by atoms with van der Waals surface area (Å²) < 4.78 is 18.6. The van der Waals surface area contributed by atoms with Crippen molar-refractivity contribution in [2.24, 2.45) is 0 Å². The highest BCUT2D eigenvalue weighted by atomic mass is 19.1. The zero-order valence-electron chi connectivity index (χ0n) is 17.7. The first-order chi connectivity index (χ1) is 14.7. The summed E-state index contributed by atoms with van der Waals surface area (Å²) in [6.07, 6.45) is 4.63. The van der Waals surface area contributed by atoms with E-state index in [0.717, 1.165) is 59.0 Å². The lowest BCUT2D eigenvalue weighted by atomic mass is 10.0. The van der Waals surface area contributed by atoms with Gasteiger partial charge in [-0.1, -0.05) is 24.3 Å². The van der Waals surface area contributed by atoms with Crippen LogP contribution >= 0.6 is 0 Å². The van der Waals surface area contributed by atoms with Crippen LogP contribution < -0.4 is 4.90 Å². The lowest BCUT2D eigenvalue weighted by Gasteiger charge is -2.38. The summed E-state index contributed by atoms with van der Waals surface area (Å²) in [6.45, 7) is 8.18. The number of nitrogens with zero attached hydrogens (tertiary/aromatic N) is 3. The molecule has 5 heteroatoms. The van der Waals surface area contributed by atoms with Gasteiger partial charge in [-0.05, 0) is 60.6 Å². The number of fused-ring (bicyclic) bond motifs is 1. The fourth-order valence-electron chi connectivity index (χ4n) is 5.15. The number of hydrogen-bond donors (Lipinski definition) is 0. The number of anilines is 1. The van der Waals surface area contributed by atoms with Gasteiger partial charge in [0.2, 0.25) is 0 Å². The quantitative estimate of drug-likeness (QED) is 0.724. The Labute approximate surface area is 179 Å². The average Bonchev–Trinajstić information content (AvgIpc) is 3.43. The Bertz CT molecular complexity index is 842. The molecule has 0 aromatic heterocycles. The zero-order valence-corrected chi connectivity index (χ0v) is 17.7. The van der Waals surface area contributed by atoms with Crippen molar-refractivity contribution in [2.75, 3.05) is 51.0 Å². The molecule has 0 spiro atoms. The number of ether oxygens (including phenoxy) is 1. The lowest BCUT2D eigenvalue weighted by molar-refractivity contribution is 0.137. The summed E-state index contributed by atoms with van der Waals surface area (Å²) in [4.78, 5) is 7.62. The number of benzene rings is 2. The van der Waals surface area contributed by atoms with Crippen LogP contribution in [0.1, 0.15) is 29.5 Å². The Morgan fingerprint density at radius 1 is 0.900 bits per heavy atom. The Hall–Kier alpha value is -1.95. The standard InChI is InChI=1S/C25H32FN3O/c26-23-5-2-20(3-6-23)7-11-27-12-9-24(10-13-27)29-14-8-22-4-1-21(17-25(22)29)18-28-15-16-30-19-28/h1-6,17,24H,7-16,18-19H2. The van der Waals surface area contributed by atoms with Crippen molar-refractivity contribution >= 4 is 5.69 Å². The molecule has 30 heavy (non-hydrogen) atoms. The second kappa shape index (κ2) is 9.04. The highest BCUT2D eigenvalue weighted by molar-refractivity contribution is 5.60. The van der Waals surface area contributed by atoms with Gasteiger partial charge in [-0.15, -0.1) is 0 Å². The van der Waals surface area contributed by atoms with Gasteiger partial charge >= 0.3 is 0 Å². The molecule has 3 aliphatic heterocycles. The van der Waals surface area contributed by atoms with Gasteiger partial charge < -0.3 is 14.5 Å². The van der Waals surface area contributed by atoms with E-state index in [-0.39, 0.29) is 5.82 Å². The van der Waals surface area contributed by atoms with Crippen LogP contribution in [0, 0.1) is 5.82 Å². The Kier molecular flexibility index (Phi) is 6.02. The lowest BCUT2D eigenvalue weighted by Crippen LogP contribution is -2.45. The van der Waals surface area contributed by atoms with Crippen LogP contribution in [0.2, 0.25) is 0 Å². The van der Waals surface area contributed by atoms with Crippen LogP contribution in [0.4, 0.5) is 10.1 Å². The van der Waals surface area contributed by atoms with Crippen LogP contribution in [-0.4, -0.2) is 61.9 Å². The van der Waals surface area contributed by atoms with Crippen LogP contribution in [0.3, 0.4) is 0 Å². The van der Waals surface area contributed by atoms with Crippen LogP contribution in [-0.2, 0) is 24.1 Å². The maximum atomic E-state index is 13.1. The molecule has 0 aliphatic carbocycles. The van der Waals surface area contributed by atoms with Crippen molar-refractivity contribution < 1.29 is 9.13 Å². The molecule has 2 saturated heterocycles. The maximum absolute atomic E-state index is 13.1. The Morgan fingerprint density at radius 2 is 1.70 bits per heavy atom. The monoisotopic (exact) mass is 409 g/mol. The Morgan fingerprint density at radius 3 is 2.47 bits per heavy atom. The van der Waals surface area contributed by atoms with Crippen LogP contribution in [0.5, 0.6) is 0 Å². The third-order valence-electron chi connectivity index (χ3n) is 6.94. The van der Waals surface area contributed by atoms with E-state index in [1.807, 2.05) is 12.1 Å². The van der Waals surface area contributed by atoms with E-state index in [1.54, 1.807) is 12.1 Å². The summed E-state index contributed by atoms with van der Waals surface area (Å²) >= 11 is 0. The van der Waals surface area contributed by atoms with E-state index in [1.165, 1.54) is 41.6 Å². The summed E-state index contributed by atoms with van der Waals surface area (Å²) in [5, 5.41) is 0. The van der Waals surface area contributed by atoms with Crippen molar-refractivity contribution in [1.29, 1.82) is 0 Å². The minimum atomic E-state index is -0.151. The molecule has 2 aromatic rings. The molecule has 2 fully saturated rings. The molecule has 0 radical (unpaired) electrons.